The van der Waals surface area contributed by atoms with E-state index in [1.54, 1.807) is 12.1 Å². The molecule has 29 heavy (non-hydrogen) atoms. The monoisotopic (exact) mass is 391 g/mol. The van der Waals surface area contributed by atoms with Crippen LogP contribution in [0.4, 0.5) is 11.8 Å². The van der Waals surface area contributed by atoms with Gasteiger partial charge in [-0.05, 0) is 30.7 Å². The smallest absolute Gasteiger partial charge is 0.289 e. The largest absolute Gasteiger partial charge is 0.459 e. The van der Waals surface area contributed by atoms with Crippen LogP contribution in [0.2, 0.25) is 0 Å². The molecule has 1 amide bonds. The first-order valence-electron chi connectivity index (χ1n) is 9.94. The number of nitrogens with zero attached hydrogens (tertiary/aromatic N) is 5. The Hall–Kier alpha value is -3.35. The summed E-state index contributed by atoms with van der Waals surface area (Å²) in [5, 5.41) is 0. The number of hydrogen-bond donors (Lipinski definition) is 0. The number of carbonyl (C=O) groups is 1. The Kier molecular flexibility index (Phi) is 5.74. The molecule has 7 nitrogen and oxygen atoms in total. The number of aromatic nitrogens is 2. The fourth-order valence-corrected chi connectivity index (χ4v) is 3.49. The van der Waals surface area contributed by atoms with Crippen molar-refractivity contribution >= 4 is 17.7 Å². The van der Waals surface area contributed by atoms with Crippen LogP contribution in [-0.2, 0) is 6.54 Å². The van der Waals surface area contributed by atoms with Gasteiger partial charge in [-0.1, -0.05) is 30.3 Å². The Morgan fingerprint density at radius 2 is 1.86 bits per heavy atom. The molecule has 0 spiro atoms. The first-order chi connectivity index (χ1) is 14.2. The summed E-state index contributed by atoms with van der Waals surface area (Å²) in [6, 6.07) is 15.8. The van der Waals surface area contributed by atoms with E-state index in [0.717, 1.165) is 18.9 Å². The van der Waals surface area contributed by atoms with E-state index in [1.165, 1.54) is 11.8 Å². The van der Waals surface area contributed by atoms with Gasteiger partial charge < -0.3 is 19.1 Å². The molecule has 1 fully saturated rings. The lowest BCUT2D eigenvalue weighted by molar-refractivity contribution is 0.0714. The molecule has 0 atom stereocenters. The fourth-order valence-electron chi connectivity index (χ4n) is 3.49. The van der Waals surface area contributed by atoms with Gasteiger partial charge in [0.05, 0.1) is 6.26 Å². The summed E-state index contributed by atoms with van der Waals surface area (Å²) < 4.78 is 5.23. The van der Waals surface area contributed by atoms with Gasteiger partial charge in [0.25, 0.3) is 5.91 Å². The summed E-state index contributed by atoms with van der Waals surface area (Å²) >= 11 is 0. The molecule has 0 N–H and O–H groups in total. The van der Waals surface area contributed by atoms with Gasteiger partial charge in [-0.2, -0.15) is 4.98 Å². The van der Waals surface area contributed by atoms with E-state index in [9.17, 15) is 4.79 Å². The zero-order chi connectivity index (χ0) is 20.1. The van der Waals surface area contributed by atoms with Crippen LogP contribution in [0.3, 0.4) is 0 Å². The minimum Gasteiger partial charge on any atom is -0.459 e. The lowest BCUT2D eigenvalue weighted by Crippen LogP contribution is -2.49. The van der Waals surface area contributed by atoms with Crippen molar-refractivity contribution in [2.75, 3.05) is 42.5 Å². The Bertz CT molecular complexity index is 921. The van der Waals surface area contributed by atoms with Crippen molar-refractivity contribution in [1.82, 2.24) is 14.9 Å². The molecule has 150 valence electrons. The molecule has 0 radical (unpaired) electrons. The average Bonchev–Trinajstić information content (AvgIpc) is 3.33. The van der Waals surface area contributed by atoms with E-state index in [-0.39, 0.29) is 5.91 Å². The number of benzene rings is 1. The number of carbonyl (C=O) groups excluding carboxylic acids is 1. The SMILES string of the molecule is CCN(Cc1ccccc1)c1ccnc(N2CCN(C(=O)c3ccco3)CC2)n1. The third kappa shape index (κ3) is 4.39. The van der Waals surface area contributed by atoms with Gasteiger partial charge in [-0.15, -0.1) is 0 Å². The van der Waals surface area contributed by atoms with Gasteiger partial charge >= 0.3 is 0 Å². The molecule has 1 aromatic carbocycles. The second-order valence-corrected chi connectivity index (χ2v) is 6.97. The molecule has 7 heteroatoms. The van der Waals surface area contributed by atoms with Crippen molar-refractivity contribution in [2.24, 2.45) is 0 Å². The number of anilines is 2. The molecule has 0 aliphatic carbocycles. The van der Waals surface area contributed by atoms with E-state index < -0.39 is 0 Å². The van der Waals surface area contributed by atoms with Crippen molar-refractivity contribution in [2.45, 2.75) is 13.5 Å². The van der Waals surface area contributed by atoms with E-state index in [4.69, 9.17) is 9.40 Å². The minimum absolute atomic E-state index is 0.0654. The molecule has 4 rings (SSSR count). The molecule has 3 heterocycles. The third-order valence-corrected chi connectivity index (χ3v) is 5.13. The first-order valence-corrected chi connectivity index (χ1v) is 9.94. The molecule has 1 saturated heterocycles. The van der Waals surface area contributed by atoms with E-state index in [1.807, 2.05) is 23.2 Å². The van der Waals surface area contributed by atoms with Gasteiger partial charge in [0.15, 0.2) is 5.76 Å². The maximum absolute atomic E-state index is 12.4. The second-order valence-electron chi connectivity index (χ2n) is 6.97. The van der Waals surface area contributed by atoms with Crippen LogP contribution in [0.5, 0.6) is 0 Å². The van der Waals surface area contributed by atoms with Crippen LogP contribution in [0.15, 0.2) is 65.4 Å². The van der Waals surface area contributed by atoms with Gasteiger partial charge in [-0.3, -0.25) is 4.79 Å². The van der Waals surface area contributed by atoms with Gasteiger partial charge in [0.1, 0.15) is 5.82 Å². The summed E-state index contributed by atoms with van der Waals surface area (Å²) in [5.41, 5.74) is 1.25. The summed E-state index contributed by atoms with van der Waals surface area (Å²) in [7, 11) is 0. The quantitative estimate of drug-likeness (QED) is 0.643. The van der Waals surface area contributed by atoms with Crippen LogP contribution in [-0.4, -0.2) is 53.5 Å². The highest BCUT2D eigenvalue weighted by Gasteiger charge is 2.25. The lowest BCUT2D eigenvalue weighted by atomic mass is 10.2. The maximum Gasteiger partial charge on any atom is 0.289 e. The zero-order valence-corrected chi connectivity index (χ0v) is 16.6. The Morgan fingerprint density at radius 1 is 1.07 bits per heavy atom. The molecular formula is C22H25N5O2. The molecule has 0 bridgehead atoms. The highest BCUT2D eigenvalue weighted by molar-refractivity contribution is 5.91. The van der Waals surface area contributed by atoms with Crippen molar-refractivity contribution in [3.63, 3.8) is 0 Å². The predicted molar refractivity (Wildman–Crippen MR) is 112 cm³/mol. The average molecular weight is 391 g/mol. The topological polar surface area (TPSA) is 65.7 Å². The van der Waals surface area contributed by atoms with Crippen LogP contribution in [0.1, 0.15) is 23.0 Å². The molecule has 3 aromatic rings. The van der Waals surface area contributed by atoms with Crippen LogP contribution < -0.4 is 9.80 Å². The Balaban J connectivity index is 1.42. The van der Waals surface area contributed by atoms with E-state index in [0.29, 0.717) is 37.9 Å². The molecule has 2 aromatic heterocycles. The summed E-state index contributed by atoms with van der Waals surface area (Å²) in [5.74, 6) is 1.94. The van der Waals surface area contributed by atoms with Crippen molar-refractivity contribution in [1.29, 1.82) is 0 Å². The second kappa shape index (κ2) is 8.77. The number of piperazine rings is 1. The number of amides is 1. The fraction of sp³-hybridized carbons (Fsp3) is 0.318. The van der Waals surface area contributed by atoms with Crippen LogP contribution in [0, 0.1) is 0 Å². The van der Waals surface area contributed by atoms with Gasteiger partial charge in [0.2, 0.25) is 5.95 Å². The Labute approximate surface area is 170 Å². The molecule has 1 aliphatic rings. The zero-order valence-electron chi connectivity index (χ0n) is 16.6. The highest BCUT2D eigenvalue weighted by Crippen LogP contribution is 2.19. The normalized spacial score (nSPS) is 14.1. The summed E-state index contributed by atoms with van der Waals surface area (Å²) in [6.07, 6.45) is 3.34. The Morgan fingerprint density at radius 3 is 2.55 bits per heavy atom. The van der Waals surface area contributed by atoms with E-state index in [2.05, 4.69) is 46.0 Å². The number of rotatable bonds is 6. The third-order valence-electron chi connectivity index (χ3n) is 5.13. The van der Waals surface area contributed by atoms with Crippen LogP contribution in [0.25, 0.3) is 0 Å². The minimum atomic E-state index is -0.0654. The van der Waals surface area contributed by atoms with Crippen molar-refractivity contribution < 1.29 is 9.21 Å². The summed E-state index contributed by atoms with van der Waals surface area (Å²) in [4.78, 5) is 27.9. The van der Waals surface area contributed by atoms with Gasteiger partial charge in [0, 0.05) is 45.5 Å². The van der Waals surface area contributed by atoms with E-state index >= 15 is 0 Å². The number of hydrogen-bond acceptors (Lipinski definition) is 6. The molecular weight excluding hydrogens is 366 g/mol. The lowest BCUT2D eigenvalue weighted by Gasteiger charge is -2.34. The first kappa shape index (κ1) is 19.0. The predicted octanol–water partition coefficient (Wildman–Crippen LogP) is 3.06. The van der Waals surface area contributed by atoms with Gasteiger partial charge in [-0.25, -0.2) is 4.98 Å². The molecule has 0 saturated carbocycles. The number of furan rings is 1. The highest BCUT2D eigenvalue weighted by atomic mass is 16.3. The maximum atomic E-state index is 12.4. The van der Waals surface area contributed by atoms with Crippen molar-refractivity contribution in [3.8, 4) is 0 Å². The molecule has 1 aliphatic heterocycles. The van der Waals surface area contributed by atoms with Crippen LogP contribution >= 0.6 is 0 Å². The standard InChI is InChI=1S/C22H25N5O2/c1-2-25(17-18-7-4-3-5-8-18)20-10-11-23-22(24-20)27-14-12-26(13-15-27)21(28)19-9-6-16-29-19/h3-11,16H,2,12-15,17H2,1H3. The summed E-state index contributed by atoms with van der Waals surface area (Å²) in [6.45, 7) is 6.42. The van der Waals surface area contributed by atoms with Crippen molar-refractivity contribution in [3.05, 3.63) is 72.3 Å². The molecule has 0 unspecified atom stereocenters.